The van der Waals surface area contributed by atoms with E-state index < -0.39 is 11.5 Å². The molecule has 1 unspecified atom stereocenters. The van der Waals surface area contributed by atoms with Crippen molar-refractivity contribution in [2.24, 2.45) is 5.92 Å². The van der Waals surface area contributed by atoms with Gasteiger partial charge < -0.3 is 10.0 Å². The van der Waals surface area contributed by atoms with Gasteiger partial charge in [0, 0.05) is 6.04 Å². The predicted molar refractivity (Wildman–Crippen MR) is 87.6 cm³/mol. The lowest BCUT2D eigenvalue weighted by Gasteiger charge is -2.33. The number of nitrogens with one attached hydrogen (secondary N) is 1. The molecule has 1 aliphatic rings. The van der Waals surface area contributed by atoms with Gasteiger partial charge in [0.25, 0.3) is 0 Å². The van der Waals surface area contributed by atoms with Crippen LogP contribution in [-0.2, 0) is 4.79 Å². The van der Waals surface area contributed by atoms with Crippen molar-refractivity contribution in [3.63, 3.8) is 0 Å². The van der Waals surface area contributed by atoms with E-state index in [1.54, 1.807) is 0 Å². The molecule has 124 valence electrons. The quantitative estimate of drug-likeness (QED) is 0.687. The topological polar surface area (TPSA) is 52.6 Å². The number of carboxylic acids is 1. The van der Waals surface area contributed by atoms with Crippen molar-refractivity contribution < 1.29 is 9.90 Å². The molecule has 4 heteroatoms. The average Bonchev–Trinajstić information content (AvgIpc) is 2.40. The lowest BCUT2D eigenvalue weighted by Crippen LogP contribution is -2.52. The van der Waals surface area contributed by atoms with Crippen LogP contribution in [0.25, 0.3) is 0 Å². The Hall–Kier alpha value is -0.610. The van der Waals surface area contributed by atoms with Crippen molar-refractivity contribution in [3.8, 4) is 0 Å². The summed E-state index contributed by atoms with van der Waals surface area (Å²) in [7, 11) is 0. The maximum atomic E-state index is 11.5. The first kappa shape index (κ1) is 18.4. The van der Waals surface area contributed by atoms with Gasteiger partial charge in [-0.2, -0.15) is 0 Å². The maximum absolute atomic E-state index is 11.5. The van der Waals surface area contributed by atoms with Gasteiger partial charge in [0.15, 0.2) is 0 Å². The average molecular weight is 298 g/mol. The zero-order valence-electron chi connectivity index (χ0n) is 14.3. The normalized spacial score (nSPS) is 20.6. The third kappa shape index (κ3) is 6.35. The van der Waals surface area contributed by atoms with Crippen molar-refractivity contribution in [3.05, 3.63) is 0 Å². The second-order valence-corrected chi connectivity index (χ2v) is 7.11. The van der Waals surface area contributed by atoms with Crippen LogP contribution in [0.3, 0.4) is 0 Å². The van der Waals surface area contributed by atoms with Gasteiger partial charge in [-0.05, 0) is 72.0 Å². The second kappa shape index (κ2) is 8.74. The Bertz CT molecular complexity index is 312. The Kier molecular flexibility index (Phi) is 7.67. The van der Waals surface area contributed by atoms with E-state index in [4.69, 9.17) is 0 Å². The zero-order valence-corrected chi connectivity index (χ0v) is 14.3. The van der Waals surface area contributed by atoms with Crippen LogP contribution in [0.1, 0.15) is 66.2 Å². The van der Waals surface area contributed by atoms with Gasteiger partial charge in [0.2, 0.25) is 0 Å². The van der Waals surface area contributed by atoms with Crippen molar-refractivity contribution in [2.45, 2.75) is 77.8 Å². The minimum Gasteiger partial charge on any atom is -0.480 e. The number of rotatable bonds is 9. The monoisotopic (exact) mass is 298 g/mol. The minimum absolute atomic E-state index is 0.191. The van der Waals surface area contributed by atoms with E-state index in [9.17, 15) is 9.90 Å². The molecule has 4 nitrogen and oxygen atoms in total. The van der Waals surface area contributed by atoms with Crippen molar-refractivity contribution in [2.75, 3.05) is 19.6 Å². The number of carboxylic acid groups (broad SMARTS) is 1. The second-order valence-electron chi connectivity index (χ2n) is 7.11. The molecular weight excluding hydrogens is 264 g/mol. The fraction of sp³-hybridized carbons (Fsp3) is 0.941. The molecule has 0 amide bonds. The summed E-state index contributed by atoms with van der Waals surface area (Å²) in [6, 6.07) is 0.191. The number of hydrogen-bond donors (Lipinski definition) is 2. The van der Waals surface area contributed by atoms with E-state index in [0.29, 0.717) is 6.42 Å². The van der Waals surface area contributed by atoms with Crippen LogP contribution in [0.15, 0.2) is 0 Å². The molecule has 1 rings (SSSR count). The van der Waals surface area contributed by atoms with E-state index >= 15 is 0 Å². The smallest absolute Gasteiger partial charge is 0.323 e. The molecule has 21 heavy (non-hydrogen) atoms. The minimum atomic E-state index is -0.797. The lowest BCUT2D eigenvalue weighted by atomic mass is 9.91. The summed E-state index contributed by atoms with van der Waals surface area (Å²) in [6.45, 7) is 11.5. The summed E-state index contributed by atoms with van der Waals surface area (Å²) in [5.41, 5.74) is -0.797. The first-order chi connectivity index (χ1) is 9.87. The molecule has 0 aromatic heterocycles. The SMILES string of the molecule is CCCC1CCN(CCCC(C)(NC(C)C)C(=O)O)CC1. The van der Waals surface area contributed by atoms with Crippen LogP contribution in [-0.4, -0.2) is 47.2 Å². The highest BCUT2D eigenvalue weighted by Gasteiger charge is 2.33. The third-order valence-corrected chi connectivity index (χ3v) is 4.63. The zero-order chi connectivity index (χ0) is 15.9. The third-order valence-electron chi connectivity index (χ3n) is 4.63. The summed E-state index contributed by atoms with van der Waals surface area (Å²) < 4.78 is 0. The van der Waals surface area contributed by atoms with E-state index in [1.807, 2.05) is 20.8 Å². The standard InChI is InChI=1S/C17H34N2O2/c1-5-7-15-8-12-19(13-9-15)11-6-10-17(4,16(20)21)18-14(2)3/h14-15,18H,5-13H2,1-4H3,(H,20,21). The number of nitrogens with zero attached hydrogens (tertiary/aromatic N) is 1. The number of carbonyl (C=O) groups is 1. The Morgan fingerprint density at radius 3 is 2.48 bits per heavy atom. The molecule has 0 spiro atoms. The van der Waals surface area contributed by atoms with Gasteiger partial charge in [0.05, 0.1) is 0 Å². The highest BCUT2D eigenvalue weighted by molar-refractivity contribution is 5.78. The van der Waals surface area contributed by atoms with E-state index in [1.165, 1.54) is 38.8 Å². The summed E-state index contributed by atoms with van der Waals surface area (Å²) in [5.74, 6) is 0.177. The van der Waals surface area contributed by atoms with Crippen LogP contribution in [0.4, 0.5) is 0 Å². The van der Waals surface area contributed by atoms with Crippen LogP contribution in [0.2, 0.25) is 0 Å². The number of likely N-dealkylation sites (tertiary alicyclic amines) is 1. The molecule has 0 saturated carbocycles. The molecule has 1 aliphatic heterocycles. The van der Waals surface area contributed by atoms with E-state index in [0.717, 1.165) is 18.9 Å². The van der Waals surface area contributed by atoms with Gasteiger partial charge in [-0.15, -0.1) is 0 Å². The molecule has 2 N–H and O–H groups in total. The van der Waals surface area contributed by atoms with E-state index in [-0.39, 0.29) is 6.04 Å². The number of piperidine rings is 1. The van der Waals surface area contributed by atoms with E-state index in [2.05, 4.69) is 17.1 Å². The summed E-state index contributed by atoms with van der Waals surface area (Å²) in [4.78, 5) is 14.0. The fourth-order valence-electron chi connectivity index (χ4n) is 3.44. The highest BCUT2D eigenvalue weighted by Crippen LogP contribution is 2.22. The Labute approximate surface area is 130 Å². The molecule has 1 fully saturated rings. The first-order valence-electron chi connectivity index (χ1n) is 8.61. The van der Waals surface area contributed by atoms with Gasteiger partial charge in [-0.1, -0.05) is 19.8 Å². The number of aliphatic carboxylic acids is 1. The Morgan fingerprint density at radius 2 is 2.00 bits per heavy atom. The largest absolute Gasteiger partial charge is 0.480 e. The number of hydrogen-bond acceptors (Lipinski definition) is 3. The molecule has 0 aromatic rings. The van der Waals surface area contributed by atoms with Crippen LogP contribution in [0.5, 0.6) is 0 Å². The van der Waals surface area contributed by atoms with Crippen LogP contribution < -0.4 is 5.32 Å². The summed E-state index contributed by atoms with van der Waals surface area (Å²) in [6.07, 6.45) is 6.92. The Morgan fingerprint density at radius 1 is 1.38 bits per heavy atom. The predicted octanol–water partition coefficient (Wildman–Crippen LogP) is 3.12. The molecule has 1 atom stereocenters. The van der Waals surface area contributed by atoms with Gasteiger partial charge >= 0.3 is 5.97 Å². The molecule has 0 aromatic carbocycles. The van der Waals surface area contributed by atoms with Gasteiger partial charge in [0.1, 0.15) is 5.54 Å². The van der Waals surface area contributed by atoms with Crippen molar-refractivity contribution >= 4 is 5.97 Å². The van der Waals surface area contributed by atoms with Gasteiger partial charge in [-0.25, -0.2) is 0 Å². The van der Waals surface area contributed by atoms with Crippen LogP contribution >= 0.6 is 0 Å². The fourth-order valence-corrected chi connectivity index (χ4v) is 3.44. The van der Waals surface area contributed by atoms with Crippen LogP contribution in [0, 0.1) is 5.92 Å². The summed E-state index contributed by atoms with van der Waals surface area (Å²) in [5, 5.41) is 12.6. The maximum Gasteiger partial charge on any atom is 0.323 e. The molecule has 0 aliphatic carbocycles. The first-order valence-corrected chi connectivity index (χ1v) is 8.61. The summed E-state index contributed by atoms with van der Waals surface area (Å²) >= 11 is 0. The lowest BCUT2D eigenvalue weighted by molar-refractivity contribution is -0.144. The molecule has 0 bridgehead atoms. The molecular formula is C17H34N2O2. The Balaban J connectivity index is 2.30. The molecule has 0 radical (unpaired) electrons. The molecule has 1 heterocycles. The molecule has 1 saturated heterocycles. The van der Waals surface area contributed by atoms with Crippen molar-refractivity contribution in [1.82, 2.24) is 10.2 Å². The van der Waals surface area contributed by atoms with Gasteiger partial charge in [-0.3, -0.25) is 10.1 Å². The highest BCUT2D eigenvalue weighted by atomic mass is 16.4. The van der Waals surface area contributed by atoms with Crippen molar-refractivity contribution in [1.29, 1.82) is 0 Å².